The first-order chi connectivity index (χ1) is 9.41. The van der Waals surface area contributed by atoms with Crippen LogP contribution in [-0.2, 0) is 0 Å². The number of nitro groups is 1. The van der Waals surface area contributed by atoms with E-state index in [9.17, 15) is 14.9 Å². The van der Waals surface area contributed by atoms with E-state index in [0.717, 1.165) is 19.3 Å². The Morgan fingerprint density at radius 1 is 1.45 bits per heavy atom. The number of hydrogen-bond donors (Lipinski definition) is 1. The Bertz CT molecular complexity index is 557. The average Bonchev–Trinajstić information content (AvgIpc) is 2.40. The summed E-state index contributed by atoms with van der Waals surface area (Å²) in [5.74, 6) is -0.207. The zero-order valence-electron chi connectivity index (χ0n) is 11.8. The number of benzene rings is 1. The van der Waals surface area contributed by atoms with Gasteiger partial charge >= 0.3 is 0 Å². The maximum Gasteiger partial charge on any atom is 0.293 e. The maximum absolute atomic E-state index is 12.6. The van der Waals surface area contributed by atoms with E-state index in [1.54, 1.807) is 17.9 Å². The van der Waals surface area contributed by atoms with Crippen LogP contribution in [0.3, 0.4) is 0 Å². The Kier molecular flexibility index (Phi) is 3.92. The van der Waals surface area contributed by atoms with Gasteiger partial charge in [-0.15, -0.1) is 0 Å². The third kappa shape index (κ3) is 2.59. The van der Waals surface area contributed by atoms with Gasteiger partial charge in [-0.25, -0.2) is 0 Å². The third-order valence-corrected chi connectivity index (χ3v) is 3.79. The normalized spacial score (nSPS) is 18.9. The van der Waals surface area contributed by atoms with Crippen molar-refractivity contribution >= 4 is 17.3 Å². The van der Waals surface area contributed by atoms with Crippen LogP contribution in [0, 0.1) is 17.0 Å². The molecule has 0 aromatic heterocycles. The van der Waals surface area contributed by atoms with E-state index in [0.29, 0.717) is 12.1 Å². The molecular formula is C14H19N3O3. The van der Waals surface area contributed by atoms with Gasteiger partial charge in [-0.2, -0.15) is 0 Å². The minimum absolute atomic E-state index is 0.0385. The van der Waals surface area contributed by atoms with Crippen molar-refractivity contribution in [2.45, 2.75) is 39.2 Å². The van der Waals surface area contributed by atoms with Crippen LogP contribution < -0.4 is 5.73 Å². The number of hydrogen-bond acceptors (Lipinski definition) is 4. The minimum atomic E-state index is -0.543. The van der Waals surface area contributed by atoms with E-state index < -0.39 is 4.92 Å². The number of rotatable bonds is 2. The number of piperidine rings is 1. The highest BCUT2D eigenvalue weighted by atomic mass is 16.6. The highest BCUT2D eigenvalue weighted by Gasteiger charge is 2.28. The lowest BCUT2D eigenvalue weighted by Gasteiger charge is -2.33. The molecule has 0 aliphatic carbocycles. The number of nitro benzene ring substituents is 1. The Labute approximate surface area is 117 Å². The lowest BCUT2D eigenvalue weighted by atomic mass is 10.0. The van der Waals surface area contributed by atoms with Gasteiger partial charge in [-0.05, 0) is 44.7 Å². The monoisotopic (exact) mass is 277 g/mol. The molecule has 0 spiro atoms. The van der Waals surface area contributed by atoms with Crippen molar-refractivity contribution in [2.75, 3.05) is 12.3 Å². The van der Waals surface area contributed by atoms with Crippen molar-refractivity contribution in [3.05, 3.63) is 33.4 Å². The molecule has 1 atom stereocenters. The van der Waals surface area contributed by atoms with Crippen LogP contribution in [0.5, 0.6) is 0 Å². The van der Waals surface area contributed by atoms with E-state index >= 15 is 0 Å². The first-order valence-corrected chi connectivity index (χ1v) is 6.77. The number of nitrogens with two attached hydrogens (primary N) is 1. The molecule has 108 valence electrons. The molecule has 1 aliphatic rings. The SMILES string of the molecule is Cc1cc(C(=O)N2CCCC[C@@H]2C)c(N)c([N+](=O)[O-])c1. The Hall–Kier alpha value is -2.11. The van der Waals surface area contributed by atoms with Crippen molar-refractivity contribution in [3.63, 3.8) is 0 Å². The van der Waals surface area contributed by atoms with Crippen molar-refractivity contribution in [1.29, 1.82) is 0 Å². The van der Waals surface area contributed by atoms with Gasteiger partial charge in [0.15, 0.2) is 0 Å². The van der Waals surface area contributed by atoms with Crippen LogP contribution in [-0.4, -0.2) is 28.3 Å². The number of carbonyl (C=O) groups is 1. The van der Waals surface area contributed by atoms with Gasteiger partial charge in [0.25, 0.3) is 11.6 Å². The number of amides is 1. The molecule has 20 heavy (non-hydrogen) atoms. The van der Waals surface area contributed by atoms with E-state index in [1.165, 1.54) is 6.07 Å². The summed E-state index contributed by atoms with van der Waals surface area (Å²) in [6, 6.07) is 3.17. The second kappa shape index (κ2) is 5.48. The summed E-state index contributed by atoms with van der Waals surface area (Å²) in [5, 5.41) is 11.0. The molecule has 1 fully saturated rings. The van der Waals surface area contributed by atoms with Gasteiger partial charge in [-0.3, -0.25) is 14.9 Å². The number of nitrogen functional groups attached to an aromatic ring is 1. The first kappa shape index (κ1) is 14.3. The van der Waals surface area contributed by atoms with Gasteiger partial charge in [0.1, 0.15) is 5.69 Å². The van der Waals surface area contributed by atoms with E-state index in [1.807, 2.05) is 6.92 Å². The first-order valence-electron chi connectivity index (χ1n) is 6.77. The molecule has 6 heteroatoms. The van der Waals surface area contributed by atoms with Crippen LogP contribution in [0.4, 0.5) is 11.4 Å². The predicted molar refractivity (Wildman–Crippen MR) is 76.6 cm³/mol. The maximum atomic E-state index is 12.6. The van der Waals surface area contributed by atoms with E-state index in [2.05, 4.69) is 0 Å². The molecule has 1 aromatic rings. The van der Waals surface area contributed by atoms with Gasteiger partial charge in [0.2, 0.25) is 0 Å². The minimum Gasteiger partial charge on any atom is -0.393 e. The lowest BCUT2D eigenvalue weighted by molar-refractivity contribution is -0.384. The number of likely N-dealkylation sites (tertiary alicyclic amines) is 1. The molecule has 1 amide bonds. The number of carbonyl (C=O) groups excluding carboxylic acids is 1. The topological polar surface area (TPSA) is 89.5 Å². The standard InChI is InChI=1S/C14H19N3O3/c1-9-7-11(13(15)12(8-9)17(19)20)14(18)16-6-4-3-5-10(16)2/h7-8,10H,3-6,15H2,1-2H3/t10-/m0/s1. The lowest BCUT2D eigenvalue weighted by Crippen LogP contribution is -2.42. The van der Waals surface area contributed by atoms with Crippen molar-refractivity contribution in [1.82, 2.24) is 4.90 Å². The smallest absolute Gasteiger partial charge is 0.293 e. The van der Waals surface area contributed by atoms with Crippen molar-refractivity contribution in [2.24, 2.45) is 0 Å². The van der Waals surface area contributed by atoms with Crippen LogP contribution in [0.15, 0.2) is 12.1 Å². The third-order valence-electron chi connectivity index (χ3n) is 3.79. The summed E-state index contributed by atoms with van der Waals surface area (Å²) in [6.07, 6.45) is 3.03. The highest BCUT2D eigenvalue weighted by molar-refractivity contribution is 6.01. The highest BCUT2D eigenvalue weighted by Crippen LogP contribution is 2.29. The second-order valence-corrected chi connectivity index (χ2v) is 5.35. The molecule has 1 heterocycles. The summed E-state index contributed by atoms with van der Waals surface area (Å²) in [6.45, 7) is 4.40. The van der Waals surface area contributed by atoms with E-state index in [4.69, 9.17) is 5.73 Å². The van der Waals surface area contributed by atoms with Gasteiger partial charge in [0, 0.05) is 18.7 Å². The summed E-state index contributed by atoms with van der Waals surface area (Å²) < 4.78 is 0. The average molecular weight is 277 g/mol. The summed E-state index contributed by atoms with van der Waals surface area (Å²) in [5.41, 5.74) is 6.49. The van der Waals surface area contributed by atoms with Crippen molar-refractivity contribution < 1.29 is 9.72 Å². The molecule has 2 N–H and O–H groups in total. The number of anilines is 1. The Morgan fingerprint density at radius 3 is 2.75 bits per heavy atom. The summed E-state index contributed by atoms with van der Waals surface area (Å²) in [4.78, 5) is 24.8. The number of nitrogens with zero attached hydrogens (tertiary/aromatic N) is 2. The fourth-order valence-electron chi connectivity index (χ4n) is 2.66. The van der Waals surface area contributed by atoms with E-state index in [-0.39, 0.29) is 28.9 Å². The molecule has 0 saturated carbocycles. The zero-order chi connectivity index (χ0) is 14.9. The molecule has 2 rings (SSSR count). The Morgan fingerprint density at radius 2 is 2.15 bits per heavy atom. The van der Waals surface area contributed by atoms with Crippen molar-refractivity contribution in [3.8, 4) is 0 Å². The van der Waals surface area contributed by atoms with Gasteiger partial charge < -0.3 is 10.6 Å². The molecule has 0 radical (unpaired) electrons. The van der Waals surface area contributed by atoms with Crippen LogP contribution in [0.2, 0.25) is 0 Å². The Balaban J connectivity index is 2.41. The molecule has 0 bridgehead atoms. The van der Waals surface area contributed by atoms with Crippen LogP contribution >= 0.6 is 0 Å². The largest absolute Gasteiger partial charge is 0.393 e. The van der Waals surface area contributed by atoms with Crippen LogP contribution in [0.1, 0.15) is 42.1 Å². The number of aryl methyl sites for hydroxylation is 1. The molecule has 1 aromatic carbocycles. The molecular weight excluding hydrogens is 258 g/mol. The fourth-order valence-corrected chi connectivity index (χ4v) is 2.66. The molecule has 0 unspecified atom stereocenters. The molecule has 1 saturated heterocycles. The predicted octanol–water partition coefficient (Wildman–Crippen LogP) is 2.50. The summed E-state index contributed by atoms with van der Waals surface area (Å²) in [7, 11) is 0. The quantitative estimate of drug-likeness (QED) is 0.511. The second-order valence-electron chi connectivity index (χ2n) is 5.35. The fraction of sp³-hybridized carbons (Fsp3) is 0.500. The molecule has 6 nitrogen and oxygen atoms in total. The van der Waals surface area contributed by atoms with Crippen LogP contribution in [0.25, 0.3) is 0 Å². The van der Waals surface area contributed by atoms with Gasteiger partial charge in [0.05, 0.1) is 10.5 Å². The zero-order valence-corrected chi connectivity index (χ0v) is 11.8. The molecule has 1 aliphatic heterocycles. The van der Waals surface area contributed by atoms with Gasteiger partial charge in [-0.1, -0.05) is 0 Å². The summed E-state index contributed by atoms with van der Waals surface area (Å²) >= 11 is 0.